The van der Waals surface area contributed by atoms with Crippen LogP contribution in [0.2, 0.25) is 0 Å². The van der Waals surface area contributed by atoms with Gasteiger partial charge in [-0.15, -0.1) is 0 Å². The van der Waals surface area contributed by atoms with E-state index < -0.39 is 0 Å². The average molecular weight is 331 g/mol. The Morgan fingerprint density at radius 3 is 2.60 bits per heavy atom. The van der Waals surface area contributed by atoms with Gasteiger partial charge in [-0.05, 0) is 45.3 Å². The van der Waals surface area contributed by atoms with Crippen LogP contribution in [0.4, 0.5) is 5.69 Å². The molecule has 0 saturated carbocycles. The number of nitrogens with one attached hydrogen (secondary N) is 1. The van der Waals surface area contributed by atoms with Crippen molar-refractivity contribution in [2.75, 3.05) is 32.5 Å². The second-order valence-corrected chi connectivity index (χ2v) is 6.70. The van der Waals surface area contributed by atoms with Gasteiger partial charge in [-0.25, -0.2) is 0 Å². The second kappa shape index (κ2) is 6.30. The molecule has 0 radical (unpaired) electrons. The minimum Gasteiger partial charge on any atom is -0.384 e. The number of hydrogen-bond donors (Lipinski definition) is 1. The first-order valence-corrected chi connectivity index (χ1v) is 8.61. The molecule has 0 amide bonds. The average Bonchev–Trinajstić information content (AvgIpc) is 2.63. The highest BCUT2D eigenvalue weighted by molar-refractivity contribution is 6.26. The number of ketones is 1. The predicted octanol–water partition coefficient (Wildman–Crippen LogP) is 3.81. The van der Waals surface area contributed by atoms with E-state index in [9.17, 15) is 4.79 Å². The summed E-state index contributed by atoms with van der Waals surface area (Å²) in [6.45, 7) is 1.94. The molecule has 4 rings (SSSR count). The van der Waals surface area contributed by atoms with Crippen LogP contribution in [0.15, 0.2) is 48.7 Å². The van der Waals surface area contributed by atoms with Crippen molar-refractivity contribution in [2.24, 2.45) is 0 Å². The van der Waals surface area contributed by atoms with E-state index in [1.54, 1.807) is 0 Å². The summed E-state index contributed by atoms with van der Waals surface area (Å²) < 4.78 is 0. The number of pyridine rings is 1. The lowest BCUT2D eigenvalue weighted by Crippen LogP contribution is -2.16. The Morgan fingerprint density at radius 2 is 1.80 bits per heavy atom. The van der Waals surface area contributed by atoms with E-state index in [0.29, 0.717) is 0 Å². The van der Waals surface area contributed by atoms with E-state index in [-0.39, 0.29) is 5.78 Å². The molecule has 0 spiro atoms. The van der Waals surface area contributed by atoms with Gasteiger partial charge in [-0.3, -0.25) is 9.78 Å². The summed E-state index contributed by atoms with van der Waals surface area (Å²) in [6, 6.07) is 13.7. The number of benzene rings is 2. The largest absolute Gasteiger partial charge is 0.384 e. The molecule has 0 fully saturated rings. The summed E-state index contributed by atoms with van der Waals surface area (Å²) in [4.78, 5) is 19.7. The quantitative estimate of drug-likeness (QED) is 0.565. The smallest absolute Gasteiger partial charge is 0.194 e. The van der Waals surface area contributed by atoms with Crippen LogP contribution in [0.5, 0.6) is 0 Å². The van der Waals surface area contributed by atoms with Crippen LogP contribution < -0.4 is 5.32 Å². The van der Waals surface area contributed by atoms with Crippen molar-refractivity contribution in [3.05, 3.63) is 59.8 Å². The summed E-state index contributed by atoms with van der Waals surface area (Å²) in [5.41, 5.74) is 4.38. The zero-order chi connectivity index (χ0) is 17.4. The summed E-state index contributed by atoms with van der Waals surface area (Å²) in [5, 5.41) is 5.55. The van der Waals surface area contributed by atoms with Crippen molar-refractivity contribution in [3.63, 3.8) is 0 Å². The van der Waals surface area contributed by atoms with Gasteiger partial charge < -0.3 is 10.2 Å². The zero-order valence-electron chi connectivity index (χ0n) is 14.5. The number of carbonyl (C=O) groups excluding carboxylic acids is 1. The molecule has 4 heteroatoms. The molecule has 1 aliphatic rings. The Balaban J connectivity index is 1.79. The lowest BCUT2D eigenvalue weighted by atomic mass is 9.85. The van der Waals surface area contributed by atoms with Gasteiger partial charge in [-0.2, -0.15) is 0 Å². The first-order chi connectivity index (χ1) is 12.2. The van der Waals surface area contributed by atoms with Crippen LogP contribution >= 0.6 is 0 Å². The van der Waals surface area contributed by atoms with Crippen LogP contribution in [0.1, 0.15) is 22.3 Å². The Labute approximate surface area is 147 Å². The molecule has 1 heterocycles. The van der Waals surface area contributed by atoms with Crippen LogP contribution in [0, 0.1) is 0 Å². The third-order valence-electron chi connectivity index (χ3n) is 4.70. The van der Waals surface area contributed by atoms with Crippen molar-refractivity contribution in [2.45, 2.75) is 6.42 Å². The van der Waals surface area contributed by atoms with Gasteiger partial charge in [0.1, 0.15) is 0 Å². The molecule has 0 aliphatic heterocycles. The number of fused-ring (bicyclic) bond motifs is 2. The van der Waals surface area contributed by atoms with Crippen molar-refractivity contribution < 1.29 is 4.79 Å². The third kappa shape index (κ3) is 2.68. The Morgan fingerprint density at radius 1 is 1.00 bits per heavy atom. The number of carbonyl (C=O) groups is 1. The Bertz CT molecular complexity index is 963. The first-order valence-electron chi connectivity index (χ1n) is 8.61. The molecular formula is C21H21N3O. The monoisotopic (exact) mass is 331 g/mol. The fourth-order valence-electron chi connectivity index (χ4n) is 3.50. The Kier molecular flexibility index (Phi) is 3.98. The second-order valence-electron chi connectivity index (χ2n) is 6.70. The highest BCUT2D eigenvalue weighted by Gasteiger charge is 2.26. The number of hydrogen-bond acceptors (Lipinski definition) is 4. The molecule has 126 valence electrons. The first kappa shape index (κ1) is 15.8. The highest BCUT2D eigenvalue weighted by Crippen LogP contribution is 2.40. The van der Waals surface area contributed by atoms with E-state index >= 15 is 0 Å². The molecule has 2 aromatic carbocycles. The topological polar surface area (TPSA) is 45.2 Å². The fraction of sp³-hybridized carbons (Fsp3) is 0.238. The van der Waals surface area contributed by atoms with Gasteiger partial charge in [0, 0.05) is 45.9 Å². The number of nitrogens with zero attached hydrogens (tertiary/aromatic N) is 2. The van der Waals surface area contributed by atoms with E-state index in [0.717, 1.165) is 58.4 Å². The maximum atomic E-state index is 12.9. The summed E-state index contributed by atoms with van der Waals surface area (Å²) in [7, 11) is 4.16. The van der Waals surface area contributed by atoms with E-state index in [1.807, 2.05) is 48.7 Å². The van der Waals surface area contributed by atoms with Crippen molar-refractivity contribution in [1.29, 1.82) is 0 Å². The molecule has 0 bridgehead atoms. The molecule has 4 nitrogen and oxygen atoms in total. The van der Waals surface area contributed by atoms with Gasteiger partial charge in [-0.1, -0.05) is 24.3 Å². The summed E-state index contributed by atoms with van der Waals surface area (Å²) >= 11 is 0. The zero-order valence-corrected chi connectivity index (χ0v) is 14.5. The van der Waals surface area contributed by atoms with Crippen LogP contribution in [0.25, 0.3) is 22.0 Å². The SMILES string of the molecule is CN(C)CCCNc1ccc2c3c(nccc13)-c1ccccc1C2=O. The molecule has 0 unspecified atom stereocenters. The third-order valence-corrected chi connectivity index (χ3v) is 4.70. The van der Waals surface area contributed by atoms with Gasteiger partial charge >= 0.3 is 0 Å². The maximum Gasteiger partial charge on any atom is 0.194 e. The molecule has 1 aromatic heterocycles. The van der Waals surface area contributed by atoms with Gasteiger partial charge in [0.25, 0.3) is 0 Å². The van der Waals surface area contributed by atoms with E-state index in [1.165, 1.54) is 0 Å². The normalized spacial score (nSPS) is 12.5. The lowest BCUT2D eigenvalue weighted by molar-refractivity contribution is 0.104. The van der Waals surface area contributed by atoms with Crippen LogP contribution in [-0.4, -0.2) is 42.9 Å². The molecule has 1 aliphatic carbocycles. The van der Waals surface area contributed by atoms with E-state index in [4.69, 9.17) is 0 Å². The van der Waals surface area contributed by atoms with Gasteiger partial charge in [0.15, 0.2) is 5.78 Å². The van der Waals surface area contributed by atoms with Crippen molar-refractivity contribution in [1.82, 2.24) is 9.88 Å². The highest BCUT2D eigenvalue weighted by atomic mass is 16.1. The molecule has 25 heavy (non-hydrogen) atoms. The molecule has 0 saturated heterocycles. The Hall–Kier alpha value is -2.72. The minimum atomic E-state index is 0.0836. The van der Waals surface area contributed by atoms with Crippen LogP contribution in [-0.2, 0) is 0 Å². The number of aromatic nitrogens is 1. The molecule has 3 aromatic rings. The molecule has 0 atom stereocenters. The lowest BCUT2D eigenvalue weighted by Gasteiger charge is -2.20. The molecular weight excluding hydrogens is 310 g/mol. The molecule has 1 N–H and O–H groups in total. The van der Waals surface area contributed by atoms with Gasteiger partial charge in [0.2, 0.25) is 0 Å². The van der Waals surface area contributed by atoms with Gasteiger partial charge in [0.05, 0.1) is 5.69 Å². The summed E-state index contributed by atoms with van der Waals surface area (Å²) in [6.07, 6.45) is 2.90. The standard InChI is InChI=1S/C21H21N3O/c1-24(2)13-5-11-22-18-9-8-17-19-16(18)10-12-23-20(19)14-6-3-4-7-15(14)21(17)25/h3-4,6-10,12,22H,5,11,13H2,1-2H3. The van der Waals surface area contributed by atoms with Crippen molar-refractivity contribution >= 4 is 22.2 Å². The van der Waals surface area contributed by atoms with Crippen molar-refractivity contribution in [3.8, 4) is 11.3 Å². The fourth-order valence-corrected chi connectivity index (χ4v) is 3.50. The predicted molar refractivity (Wildman–Crippen MR) is 102 cm³/mol. The maximum absolute atomic E-state index is 12.9. The van der Waals surface area contributed by atoms with Crippen LogP contribution in [0.3, 0.4) is 0 Å². The minimum absolute atomic E-state index is 0.0836. The van der Waals surface area contributed by atoms with E-state index in [2.05, 4.69) is 29.3 Å². The number of anilines is 1. The number of rotatable bonds is 5. The summed E-state index contributed by atoms with van der Waals surface area (Å²) in [5.74, 6) is 0.0836.